The van der Waals surface area contributed by atoms with E-state index in [9.17, 15) is 0 Å². The Hall–Kier alpha value is -0.890. The topological polar surface area (TPSA) is 56.3 Å². The van der Waals surface area contributed by atoms with Gasteiger partial charge in [0, 0.05) is 31.4 Å². The maximum absolute atomic E-state index is 6.20. The second kappa shape index (κ2) is 8.66. The van der Waals surface area contributed by atoms with Crippen LogP contribution in [0, 0.1) is 0 Å². The van der Waals surface area contributed by atoms with E-state index in [4.69, 9.17) is 20.8 Å². The van der Waals surface area contributed by atoms with Gasteiger partial charge in [-0.1, -0.05) is 25.4 Å². The smallest absolute Gasteiger partial charge is 0.176 e. The molecule has 0 aliphatic carbocycles. The van der Waals surface area contributed by atoms with Crippen molar-refractivity contribution in [2.75, 3.05) is 31.2 Å². The fourth-order valence-electron chi connectivity index (χ4n) is 2.65. The summed E-state index contributed by atoms with van der Waals surface area (Å²) in [7, 11) is 0. The zero-order chi connectivity index (χ0) is 17.8. The van der Waals surface area contributed by atoms with Crippen molar-refractivity contribution < 1.29 is 9.15 Å². The minimum absolute atomic E-state index is 0.468. The number of rotatable bonds is 3. The highest BCUT2D eigenvalue weighted by Crippen LogP contribution is 2.35. The summed E-state index contributed by atoms with van der Waals surface area (Å²) in [6.07, 6.45) is 4.33. The Balaban J connectivity index is 0.000000880. The first kappa shape index (κ1) is 18.9. The van der Waals surface area contributed by atoms with Crippen LogP contribution in [-0.2, 0) is 4.74 Å². The minimum Gasteiger partial charge on any atom is -0.452 e. The molecule has 0 radical (unpaired) electrons. The van der Waals surface area contributed by atoms with E-state index in [0.29, 0.717) is 24.7 Å². The summed E-state index contributed by atoms with van der Waals surface area (Å²) in [6, 6.07) is 3.78. The zero-order valence-corrected chi connectivity index (χ0v) is 17.9. The molecule has 4 heterocycles. The van der Waals surface area contributed by atoms with Gasteiger partial charge in [-0.2, -0.15) is 5.10 Å². The molecule has 1 aliphatic rings. The maximum Gasteiger partial charge on any atom is 0.176 e. The van der Waals surface area contributed by atoms with Gasteiger partial charge in [0.2, 0.25) is 0 Å². The van der Waals surface area contributed by atoms with E-state index in [1.54, 1.807) is 6.20 Å². The Kier molecular flexibility index (Phi) is 6.55. The van der Waals surface area contributed by atoms with Crippen LogP contribution in [0.5, 0.6) is 0 Å². The molecule has 1 fully saturated rings. The highest BCUT2D eigenvalue weighted by Gasteiger charge is 2.19. The Morgan fingerprint density at radius 1 is 1.24 bits per heavy atom. The highest BCUT2D eigenvalue weighted by molar-refractivity contribution is 14.2. The van der Waals surface area contributed by atoms with Gasteiger partial charge in [-0.25, -0.2) is 9.44 Å². The number of anilines is 1. The molecule has 3 aromatic heterocycles. The van der Waals surface area contributed by atoms with Crippen LogP contribution in [-0.4, -0.2) is 40.8 Å². The largest absolute Gasteiger partial charge is 0.452 e. The summed E-state index contributed by atoms with van der Waals surface area (Å²) in [5, 5.41) is 4.77. The molecule has 0 saturated carbocycles. The van der Waals surface area contributed by atoms with Crippen LogP contribution < -0.4 is 4.90 Å². The van der Waals surface area contributed by atoms with Crippen molar-refractivity contribution in [3.63, 3.8) is 0 Å². The number of hydrogen-bond acceptors (Lipinski definition) is 5. The third kappa shape index (κ3) is 4.10. The Morgan fingerprint density at radius 2 is 2.00 bits per heavy atom. The first-order valence-electron chi connectivity index (χ1n) is 8.09. The van der Waals surface area contributed by atoms with E-state index in [0.717, 1.165) is 41.2 Å². The summed E-state index contributed by atoms with van der Waals surface area (Å²) < 4.78 is 13.4. The van der Waals surface area contributed by atoms with E-state index in [1.807, 2.05) is 36.6 Å². The first-order chi connectivity index (χ1) is 12.2. The van der Waals surface area contributed by atoms with Crippen LogP contribution in [0.1, 0.15) is 13.8 Å². The number of fused-ring (bicyclic) bond motifs is 1. The van der Waals surface area contributed by atoms with Gasteiger partial charge >= 0.3 is 0 Å². The number of aromatic nitrogens is 3. The van der Waals surface area contributed by atoms with Gasteiger partial charge in [-0.05, 0) is 22.0 Å². The van der Waals surface area contributed by atoms with Gasteiger partial charge < -0.3 is 14.1 Å². The van der Waals surface area contributed by atoms with Gasteiger partial charge in [0.05, 0.1) is 37.0 Å². The molecule has 1 aliphatic heterocycles. The molecule has 0 N–H and O–H groups in total. The van der Waals surface area contributed by atoms with Crippen LogP contribution in [0.3, 0.4) is 0 Å². The minimum atomic E-state index is 0.468. The lowest BCUT2D eigenvalue weighted by Gasteiger charge is -2.28. The number of nitrogens with zero attached hydrogens (tertiary/aromatic N) is 4. The molecule has 0 aromatic carbocycles. The molecule has 3 aromatic rings. The summed E-state index contributed by atoms with van der Waals surface area (Å²) in [6.45, 7) is 7.05. The number of furan rings is 1. The number of pyridine rings is 1. The molecule has 25 heavy (non-hydrogen) atoms. The third-order valence-electron chi connectivity index (χ3n) is 3.73. The van der Waals surface area contributed by atoms with Gasteiger partial charge in [-0.3, -0.25) is 0 Å². The van der Waals surface area contributed by atoms with E-state index < -0.39 is 0 Å². The summed E-state index contributed by atoms with van der Waals surface area (Å²) >= 11 is 8.49. The number of hydrogen-bond donors (Lipinski definition) is 0. The van der Waals surface area contributed by atoms with Crippen LogP contribution in [0.25, 0.3) is 22.4 Å². The Morgan fingerprint density at radius 3 is 2.68 bits per heavy atom. The predicted octanol–water partition coefficient (Wildman–Crippen LogP) is 5.00. The molecule has 9 heteroatoms. The van der Waals surface area contributed by atoms with Crippen LogP contribution >= 0.6 is 40.0 Å². The van der Waals surface area contributed by atoms with Crippen molar-refractivity contribution >= 4 is 56.8 Å². The molecule has 0 spiro atoms. The molecule has 1 saturated heterocycles. The van der Waals surface area contributed by atoms with Crippen LogP contribution in [0.4, 0.5) is 5.69 Å². The van der Waals surface area contributed by atoms with Gasteiger partial charge in [-0.15, -0.1) is 0 Å². The fraction of sp³-hybridized carbons (Fsp3) is 0.375. The SMILES string of the molecule is CC.Clc1cc(N2CCOCC2)c2oc(-c3cnn(PI)c3)cc2n1. The number of halogens is 2. The normalized spacial score (nSPS) is 15.0. The summed E-state index contributed by atoms with van der Waals surface area (Å²) in [4.78, 5) is 6.62. The van der Waals surface area contributed by atoms with Crippen molar-refractivity contribution in [3.8, 4) is 11.3 Å². The average molecular weight is 493 g/mol. The summed E-state index contributed by atoms with van der Waals surface area (Å²) in [5.41, 5.74) is 3.43. The van der Waals surface area contributed by atoms with Crippen molar-refractivity contribution in [2.45, 2.75) is 13.8 Å². The fourth-order valence-corrected chi connectivity index (χ4v) is 3.93. The molecule has 134 valence electrons. The first-order valence-corrected chi connectivity index (χ1v) is 12.5. The lowest BCUT2D eigenvalue weighted by Crippen LogP contribution is -2.36. The molecular weight excluding hydrogens is 474 g/mol. The van der Waals surface area contributed by atoms with Crippen molar-refractivity contribution in [1.29, 1.82) is 0 Å². The van der Waals surface area contributed by atoms with Gasteiger partial charge in [0.25, 0.3) is 0 Å². The number of morpholine rings is 1. The van der Waals surface area contributed by atoms with E-state index in [-0.39, 0.29) is 0 Å². The lowest BCUT2D eigenvalue weighted by molar-refractivity contribution is 0.122. The second-order valence-corrected chi connectivity index (χ2v) is 7.61. The van der Waals surface area contributed by atoms with Gasteiger partial charge in [0.1, 0.15) is 16.4 Å². The van der Waals surface area contributed by atoms with Crippen LogP contribution in [0.2, 0.25) is 5.15 Å². The Labute approximate surface area is 166 Å². The average Bonchev–Trinajstić information content (AvgIpc) is 3.30. The molecule has 0 bridgehead atoms. The lowest BCUT2D eigenvalue weighted by atomic mass is 10.2. The van der Waals surface area contributed by atoms with Crippen LogP contribution in [0.15, 0.2) is 28.9 Å². The third-order valence-corrected chi connectivity index (χ3v) is 5.83. The zero-order valence-electron chi connectivity index (χ0n) is 14.0. The second-order valence-electron chi connectivity index (χ2n) is 5.15. The highest BCUT2D eigenvalue weighted by atomic mass is 127. The molecule has 1 atom stereocenters. The molecule has 4 rings (SSSR count). The van der Waals surface area contributed by atoms with E-state index in [1.165, 1.54) is 0 Å². The van der Waals surface area contributed by atoms with Gasteiger partial charge in [0.15, 0.2) is 5.58 Å². The maximum atomic E-state index is 6.20. The molecular formula is C16H19ClIN4O2P. The monoisotopic (exact) mass is 492 g/mol. The molecule has 6 nitrogen and oxygen atoms in total. The molecule has 0 amide bonds. The van der Waals surface area contributed by atoms with Crippen molar-refractivity contribution in [3.05, 3.63) is 29.7 Å². The standard InChI is InChI=1S/C14H13ClIN4O2P.C2H6/c15-13-6-11(19-1-3-21-4-2-19)14-10(18-13)5-12(22-14)9-7-17-20(8-9)23-16;1-2/h5-8,23H,1-4H2;1-2H3. The predicted molar refractivity (Wildman–Crippen MR) is 112 cm³/mol. The van der Waals surface area contributed by atoms with Crippen molar-refractivity contribution in [1.82, 2.24) is 14.5 Å². The quantitative estimate of drug-likeness (QED) is 0.293. The summed E-state index contributed by atoms with van der Waals surface area (Å²) in [5.74, 6) is 0.755. The Bertz CT molecular complexity index is 848. The number of ether oxygens (including phenoxy) is 1. The molecule has 1 unspecified atom stereocenters. The van der Waals surface area contributed by atoms with E-state index in [2.05, 4.69) is 37.0 Å². The van der Waals surface area contributed by atoms with Crippen molar-refractivity contribution in [2.24, 2.45) is 0 Å². The van der Waals surface area contributed by atoms with E-state index >= 15 is 0 Å².